The molecule has 0 bridgehead atoms. The second-order valence-corrected chi connectivity index (χ2v) is 6.36. The summed E-state index contributed by atoms with van der Waals surface area (Å²) in [7, 11) is 1.52. The van der Waals surface area contributed by atoms with E-state index in [1.165, 1.54) is 18.9 Å². The quantitative estimate of drug-likeness (QED) is 0.559. The van der Waals surface area contributed by atoms with E-state index in [1.807, 2.05) is 13.8 Å². The van der Waals surface area contributed by atoms with Gasteiger partial charge in [0.2, 0.25) is 0 Å². The Hall–Kier alpha value is -2.10. The number of likely N-dealkylation sites (N-methyl/N-ethyl adjacent to an activating group) is 1. The van der Waals surface area contributed by atoms with Crippen LogP contribution in [0.15, 0.2) is 22.0 Å². The lowest BCUT2D eigenvalue weighted by molar-refractivity contribution is -0.122. The van der Waals surface area contributed by atoms with E-state index in [0.717, 1.165) is 5.56 Å². The van der Waals surface area contributed by atoms with Crippen LogP contribution in [0.5, 0.6) is 11.5 Å². The summed E-state index contributed by atoms with van der Waals surface area (Å²) >= 11 is 7.63. The number of halogens is 1. The molecule has 0 saturated carbocycles. The zero-order valence-electron chi connectivity index (χ0n) is 14.3. The Bertz CT molecular complexity index is 768. The zero-order chi connectivity index (χ0) is 18.4. The van der Waals surface area contributed by atoms with Crippen molar-refractivity contribution in [2.24, 2.45) is 4.99 Å². The molecular weight excluding hydrogens is 360 g/mol. The van der Waals surface area contributed by atoms with Gasteiger partial charge in [-0.25, -0.2) is 0 Å². The van der Waals surface area contributed by atoms with Crippen LogP contribution in [-0.2, 0) is 4.79 Å². The average Bonchev–Trinajstić information content (AvgIpc) is 2.88. The molecule has 5 nitrogen and oxygen atoms in total. The zero-order valence-corrected chi connectivity index (χ0v) is 15.9. The number of terminal acetylenes is 1. The molecule has 1 saturated heterocycles. The van der Waals surface area contributed by atoms with Crippen molar-refractivity contribution < 1.29 is 14.3 Å². The minimum absolute atomic E-state index is 0.0672. The topological polar surface area (TPSA) is 51.1 Å². The Morgan fingerprint density at radius 2 is 2.20 bits per heavy atom. The lowest BCUT2D eigenvalue weighted by Gasteiger charge is -2.12. The van der Waals surface area contributed by atoms with Gasteiger partial charge in [-0.3, -0.25) is 14.7 Å². The van der Waals surface area contributed by atoms with Crippen LogP contribution >= 0.6 is 23.4 Å². The summed E-state index contributed by atoms with van der Waals surface area (Å²) in [6, 6.07) is 3.46. The van der Waals surface area contributed by atoms with Gasteiger partial charge in [0.05, 0.1) is 17.0 Å². The Morgan fingerprint density at radius 1 is 1.44 bits per heavy atom. The average molecular weight is 379 g/mol. The van der Waals surface area contributed by atoms with Gasteiger partial charge in [-0.2, -0.15) is 0 Å². The molecule has 7 heteroatoms. The lowest BCUT2D eigenvalue weighted by atomic mass is 10.1. The monoisotopic (exact) mass is 378 g/mol. The smallest absolute Gasteiger partial charge is 0.266 e. The molecule has 1 fully saturated rings. The first kappa shape index (κ1) is 19.2. The number of methoxy groups -OCH3 is 1. The molecule has 0 N–H and O–H groups in total. The Labute approximate surface area is 157 Å². The first-order valence-corrected chi connectivity index (χ1v) is 8.94. The number of hydrogen-bond donors (Lipinski definition) is 0. The van der Waals surface area contributed by atoms with E-state index < -0.39 is 0 Å². The summed E-state index contributed by atoms with van der Waals surface area (Å²) < 4.78 is 10.7. The van der Waals surface area contributed by atoms with Gasteiger partial charge >= 0.3 is 0 Å². The molecular formula is C18H19ClN2O3S. The van der Waals surface area contributed by atoms with Gasteiger partial charge in [0.15, 0.2) is 16.7 Å². The maximum atomic E-state index is 12.5. The Balaban J connectivity index is 2.38. The van der Waals surface area contributed by atoms with Crippen molar-refractivity contribution in [1.29, 1.82) is 0 Å². The van der Waals surface area contributed by atoms with Crippen molar-refractivity contribution in [3.8, 4) is 23.8 Å². The molecule has 2 rings (SSSR count). The predicted molar refractivity (Wildman–Crippen MR) is 103 cm³/mol. The van der Waals surface area contributed by atoms with Crippen molar-refractivity contribution in [3.63, 3.8) is 0 Å². The number of hydrogen-bond acceptors (Lipinski definition) is 5. The maximum Gasteiger partial charge on any atom is 0.266 e. The van der Waals surface area contributed by atoms with Gasteiger partial charge in [-0.15, -0.1) is 6.42 Å². The summed E-state index contributed by atoms with van der Waals surface area (Å²) in [6.45, 7) is 5.15. The van der Waals surface area contributed by atoms with Gasteiger partial charge < -0.3 is 9.47 Å². The number of aliphatic imine (C=N–C) groups is 1. The van der Waals surface area contributed by atoms with Crippen LogP contribution in [0.4, 0.5) is 0 Å². The number of ether oxygens (including phenoxy) is 2. The first-order chi connectivity index (χ1) is 12.0. The molecule has 1 amide bonds. The van der Waals surface area contributed by atoms with E-state index in [2.05, 4.69) is 10.9 Å². The van der Waals surface area contributed by atoms with Crippen molar-refractivity contribution >= 4 is 40.5 Å². The van der Waals surface area contributed by atoms with Gasteiger partial charge in [0.1, 0.15) is 6.61 Å². The minimum atomic E-state index is -0.0672. The van der Waals surface area contributed by atoms with Crippen LogP contribution in [0, 0.1) is 12.3 Å². The molecule has 0 spiro atoms. The molecule has 1 aliphatic heterocycles. The summed E-state index contributed by atoms with van der Waals surface area (Å²) in [5, 5.41) is 1.08. The fraction of sp³-hybridized carbons (Fsp3) is 0.333. The van der Waals surface area contributed by atoms with E-state index in [9.17, 15) is 4.79 Å². The Kier molecular flexibility index (Phi) is 6.80. The van der Waals surface area contributed by atoms with E-state index in [4.69, 9.17) is 27.5 Å². The largest absolute Gasteiger partial charge is 0.493 e. The molecule has 1 aliphatic rings. The molecule has 25 heavy (non-hydrogen) atoms. The number of carbonyl (C=O) groups excluding carboxylic acids is 1. The summed E-state index contributed by atoms with van der Waals surface area (Å²) in [4.78, 5) is 19.1. The van der Waals surface area contributed by atoms with Crippen molar-refractivity contribution in [2.75, 3.05) is 26.8 Å². The summed E-state index contributed by atoms with van der Waals surface area (Å²) in [5.41, 5.74) is 0.736. The molecule has 1 aromatic carbocycles. The number of amidine groups is 1. The van der Waals surface area contributed by atoms with Crippen molar-refractivity contribution in [1.82, 2.24) is 4.90 Å². The van der Waals surface area contributed by atoms with Gasteiger partial charge in [0.25, 0.3) is 5.91 Å². The van der Waals surface area contributed by atoms with Crippen LogP contribution in [0.25, 0.3) is 6.08 Å². The molecule has 132 valence electrons. The summed E-state index contributed by atoms with van der Waals surface area (Å²) in [5.74, 6) is 3.17. The van der Waals surface area contributed by atoms with Gasteiger partial charge in [-0.05, 0) is 49.4 Å². The SMILES string of the molecule is C#CCOc1c(Cl)cc(/C=C2/SC(=NCC)N(CC)C2=O)cc1OC. The highest BCUT2D eigenvalue weighted by atomic mass is 35.5. The summed E-state index contributed by atoms with van der Waals surface area (Å²) in [6.07, 6.45) is 6.98. The number of thioether (sulfide) groups is 1. The van der Waals surface area contributed by atoms with E-state index in [-0.39, 0.29) is 12.5 Å². The van der Waals surface area contributed by atoms with Crippen LogP contribution in [-0.4, -0.2) is 42.8 Å². The van der Waals surface area contributed by atoms with Crippen LogP contribution in [0.2, 0.25) is 5.02 Å². The van der Waals surface area contributed by atoms with Crippen LogP contribution < -0.4 is 9.47 Å². The number of amides is 1. The second kappa shape index (κ2) is 8.84. The second-order valence-electron chi connectivity index (χ2n) is 4.94. The highest BCUT2D eigenvalue weighted by molar-refractivity contribution is 8.18. The molecule has 1 aromatic rings. The normalized spacial score (nSPS) is 17.2. The lowest BCUT2D eigenvalue weighted by Crippen LogP contribution is -2.28. The van der Waals surface area contributed by atoms with Crippen LogP contribution in [0.3, 0.4) is 0 Å². The van der Waals surface area contributed by atoms with E-state index in [0.29, 0.717) is 39.7 Å². The molecule has 1 heterocycles. The maximum absolute atomic E-state index is 12.5. The number of nitrogens with zero attached hydrogens (tertiary/aromatic N) is 2. The van der Waals surface area contributed by atoms with E-state index in [1.54, 1.807) is 23.1 Å². The third kappa shape index (κ3) is 4.30. The fourth-order valence-electron chi connectivity index (χ4n) is 2.27. The van der Waals surface area contributed by atoms with E-state index >= 15 is 0 Å². The standard InChI is InChI=1S/C18H19ClN2O3S/c1-5-8-24-16-13(19)9-12(10-14(16)23-4)11-15-17(22)21(7-3)18(25-15)20-6-2/h1,9-11H,6-8H2,2-4H3/b15-11+,20-18?. The highest BCUT2D eigenvalue weighted by Gasteiger charge is 2.31. The minimum Gasteiger partial charge on any atom is -0.493 e. The fourth-order valence-corrected chi connectivity index (χ4v) is 3.65. The molecule has 0 aliphatic carbocycles. The van der Waals surface area contributed by atoms with Crippen LogP contribution in [0.1, 0.15) is 19.4 Å². The van der Waals surface area contributed by atoms with Gasteiger partial charge in [0, 0.05) is 13.1 Å². The molecule has 0 atom stereocenters. The highest BCUT2D eigenvalue weighted by Crippen LogP contribution is 2.38. The third-order valence-electron chi connectivity index (χ3n) is 3.35. The third-order valence-corrected chi connectivity index (χ3v) is 4.67. The molecule has 0 radical (unpaired) electrons. The number of carbonyl (C=O) groups is 1. The van der Waals surface area contributed by atoms with Crippen molar-refractivity contribution in [3.05, 3.63) is 27.6 Å². The number of benzene rings is 1. The molecule has 0 unspecified atom stereocenters. The first-order valence-electron chi connectivity index (χ1n) is 7.75. The number of rotatable bonds is 6. The molecule has 0 aromatic heterocycles. The van der Waals surface area contributed by atoms with Gasteiger partial charge in [-0.1, -0.05) is 17.5 Å². The Morgan fingerprint density at radius 3 is 2.80 bits per heavy atom. The predicted octanol–water partition coefficient (Wildman–Crippen LogP) is 3.67. The van der Waals surface area contributed by atoms with Crippen molar-refractivity contribution in [2.45, 2.75) is 13.8 Å².